The second kappa shape index (κ2) is 8.03. The number of carbonyl (C=O) groups is 1. The highest BCUT2D eigenvalue weighted by atomic mass is 16.5. The Morgan fingerprint density at radius 3 is 2.78 bits per heavy atom. The SMILES string of the molecule is COc1ccc(C2CCCN2C(=O)Cn2cnc3c(oc4ccccc43)c2=O)cc1OC. The summed E-state index contributed by atoms with van der Waals surface area (Å²) in [7, 11) is 3.18. The normalized spacial score (nSPS) is 16.1. The number of para-hydroxylation sites is 1. The maximum absolute atomic E-state index is 13.2. The summed E-state index contributed by atoms with van der Waals surface area (Å²) >= 11 is 0. The zero-order chi connectivity index (χ0) is 22.2. The van der Waals surface area contributed by atoms with Gasteiger partial charge < -0.3 is 18.8 Å². The van der Waals surface area contributed by atoms with Crippen LogP contribution in [-0.4, -0.2) is 41.1 Å². The van der Waals surface area contributed by atoms with Crippen LogP contribution < -0.4 is 15.0 Å². The zero-order valence-electron chi connectivity index (χ0n) is 17.9. The van der Waals surface area contributed by atoms with Crippen LogP contribution in [0.5, 0.6) is 11.5 Å². The third-order valence-electron chi connectivity index (χ3n) is 6.02. The Kier molecular flexibility index (Phi) is 5.05. The topological polar surface area (TPSA) is 86.8 Å². The average molecular weight is 433 g/mol. The number of methoxy groups -OCH3 is 2. The number of likely N-dealkylation sites (tertiary alicyclic amines) is 1. The number of benzene rings is 2. The number of ether oxygens (including phenoxy) is 2. The molecule has 0 spiro atoms. The van der Waals surface area contributed by atoms with E-state index in [9.17, 15) is 9.59 Å². The predicted octanol–water partition coefficient (Wildman–Crippen LogP) is 3.52. The molecule has 164 valence electrons. The first kappa shape index (κ1) is 20.1. The summed E-state index contributed by atoms with van der Waals surface area (Å²) < 4.78 is 17.8. The van der Waals surface area contributed by atoms with Crippen molar-refractivity contribution in [1.29, 1.82) is 0 Å². The number of aromatic nitrogens is 2. The summed E-state index contributed by atoms with van der Waals surface area (Å²) in [5.74, 6) is 1.13. The van der Waals surface area contributed by atoms with Gasteiger partial charge in [0.25, 0.3) is 5.56 Å². The number of nitrogens with zero attached hydrogens (tertiary/aromatic N) is 3. The summed E-state index contributed by atoms with van der Waals surface area (Å²) in [4.78, 5) is 32.4. The van der Waals surface area contributed by atoms with Gasteiger partial charge in [-0.3, -0.25) is 14.2 Å². The lowest BCUT2D eigenvalue weighted by atomic mass is 10.0. The molecule has 8 nitrogen and oxygen atoms in total. The fraction of sp³-hybridized carbons (Fsp3) is 0.292. The van der Waals surface area contributed by atoms with E-state index in [1.165, 1.54) is 10.9 Å². The Balaban J connectivity index is 1.43. The van der Waals surface area contributed by atoms with Crippen molar-refractivity contribution in [1.82, 2.24) is 14.5 Å². The second-order valence-corrected chi connectivity index (χ2v) is 7.81. The van der Waals surface area contributed by atoms with Gasteiger partial charge in [-0.05, 0) is 42.7 Å². The molecule has 1 unspecified atom stereocenters. The number of fused-ring (bicyclic) bond motifs is 3. The van der Waals surface area contributed by atoms with Crippen molar-refractivity contribution >= 4 is 28.0 Å². The zero-order valence-corrected chi connectivity index (χ0v) is 17.9. The standard InChI is InChI=1S/C24H23N3O5/c1-30-19-10-9-15(12-20(19)31-2)17-7-5-11-27(17)21(28)13-26-14-25-22-16-6-3-4-8-18(16)32-23(22)24(26)29/h3-4,6,8-10,12,14,17H,5,7,11,13H2,1-2H3. The third-order valence-corrected chi connectivity index (χ3v) is 6.02. The molecule has 1 atom stereocenters. The number of amides is 1. The van der Waals surface area contributed by atoms with E-state index >= 15 is 0 Å². The molecular formula is C24H23N3O5. The van der Waals surface area contributed by atoms with E-state index in [2.05, 4.69) is 4.98 Å². The van der Waals surface area contributed by atoms with Crippen LogP contribution >= 0.6 is 0 Å². The number of hydrogen-bond donors (Lipinski definition) is 0. The van der Waals surface area contributed by atoms with Crippen LogP contribution in [0.15, 0.2) is 58.0 Å². The smallest absolute Gasteiger partial charge is 0.297 e. The van der Waals surface area contributed by atoms with Gasteiger partial charge in [0.15, 0.2) is 11.5 Å². The van der Waals surface area contributed by atoms with Crippen LogP contribution in [0.25, 0.3) is 22.1 Å². The highest BCUT2D eigenvalue weighted by Gasteiger charge is 2.31. The molecule has 2 aromatic carbocycles. The Labute approximate surface area is 184 Å². The summed E-state index contributed by atoms with van der Waals surface area (Å²) in [6, 6.07) is 13.0. The highest BCUT2D eigenvalue weighted by molar-refractivity contribution is 6.01. The minimum atomic E-state index is -0.360. The van der Waals surface area contributed by atoms with Gasteiger partial charge in [0.1, 0.15) is 17.6 Å². The number of hydrogen-bond acceptors (Lipinski definition) is 6. The Bertz CT molecular complexity index is 1370. The van der Waals surface area contributed by atoms with Crippen molar-refractivity contribution in [3.05, 3.63) is 64.7 Å². The van der Waals surface area contributed by atoms with Crippen molar-refractivity contribution < 1.29 is 18.7 Å². The van der Waals surface area contributed by atoms with Gasteiger partial charge in [-0.15, -0.1) is 0 Å². The summed E-state index contributed by atoms with van der Waals surface area (Å²) in [6.07, 6.45) is 3.16. The van der Waals surface area contributed by atoms with Crippen molar-refractivity contribution in [3.63, 3.8) is 0 Å². The fourth-order valence-corrected chi connectivity index (χ4v) is 4.44. The molecule has 0 aliphatic carbocycles. The molecular weight excluding hydrogens is 410 g/mol. The Morgan fingerprint density at radius 1 is 1.16 bits per heavy atom. The lowest BCUT2D eigenvalue weighted by Crippen LogP contribution is -2.36. The molecule has 1 fully saturated rings. The summed E-state index contributed by atoms with van der Waals surface area (Å²) in [5, 5.41) is 0.783. The predicted molar refractivity (Wildman–Crippen MR) is 119 cm³/mol. The molecule has 3 heterocycles. The van der Waals surface area contributed by atoms with E-state index in [0.29, 0.717) is 29.1 Å². The van der Waals surface area contributed by atoms with E-state index < -0.39 is 0 Å². The second-order valence-electron chi connectivity index (χ2n) is 7.81. The molecule has 0 N–H and O–H groups in total. The molecule has 0 bridgehead atoms. The lowest BCUT2D eigenvalue weighted by molar-refractivity contribution is -0.132. The van der Waals surface area contributed by atoms with Crippen LogP contribution in [0, 0.1) is 0 Å². The molecule has 1 aliphatic heterocycles. The fourth-order valence-electron chi connectivity index (χ4n) is 4.44. The van der Waals surface area contributed by atoms with Crippen molar-refractivity contribution in [2.75, 3.05) is 20.8 Å². The maximum atomic E-state index is 13.2. The molecule has 5 rings (SSSR count). The lowest BCUT2D eigenvalue weighted by Gasteiger charge is -2.26. The van der Waals surface area contributed by atoms with Gasteiger partial charge in [0, 0.05) is 11.9 Å². The van der Waals surface area contributed by atoms with Crippen LogP contribution in [0.1, 0.15) is 24.4 Å². The number of rotatable bonds is 5. The highest BCUT2D eigenvalue weighted by Crippen LogP contribution is 2.37. The molecule has 0 radical (unpaired) electrons. The molecule has 32 heavy (non-hydrogen) atoms. The monoisotopic (exact) mass is 433 g/mol. The van der Waals surface area contributed by atoms with E-state index in [4.69, 9.17) is 13.9 Å². The Hall–Kier alpha value is -3.81. The first-order chi connectivity index (χ1) is 15.6. The summed E-state index contributed by atoms with van der Waals surface area (Å²) in [6.45, 7) is 0.537. The molecule has 4 aromatic rings. The third kappa shape index (κ3) is 3.28. The average Bonchev–Trinajstić information content (AvgIpc) is 3.46. The number of furan rings is 1. The Morgan fingerprint density at radius 2 is 1.97 bits per heavy atom. The molecule has 0 saturated carbocycles. The minimum Gasteiger partial charge on any atom is -0.493 e. The van der Waals surface area contributed by atoms with Crippen LogP contribution in [0.4, 0.5) is 0 Å². The molecule has 2 aromatic heterocycles. The van der Waals surface area contributed by atoms with Gasteiger partial charge in [0.05, 0.1) is 26.6 Å². The molecule has 1 saturated heterocycles. The molecule has 1 aliphatic rings. The van der Waals surface area contributed by atoms with Crippen molar-refractivity contribution in [2.45, 2.75) is 25.4 Å². The van der Waals surface area contributed by atoms with Crippen LogP contribution in [-0.2, 0) is 11.3 Å². The quantitative estimate of drug-likeness (QED) is 0.479. The molecule has 8 heteroatoms. The largest absolute Gasteiger partial charge is 0.493 e. The van der Waals surface area contributed by atoms with Gasteiger partial charge in [-0.1, -0.05) is 18.2 Å². The maximum Gasteiger partial charge on any atom is 0.297 e. The van der Waals surface area contributed by atoms with Gasteiger partial charge in [-0.2, -0.15) is 0 Å². The van der Waals surface area contributed by atoms with Crippen molar-refractivity contribution in [3.8, 4) is 11.5 Å². The van der Waals surface area contributed by atoms with E-state index in [-0.39, 0.29) is 29.6 Å². The van der Waals surface area contributed by atoms with E-state index in [1.54, 1.807) is 20.3 Å². The number of carbonyl (C=O) groups excluding carboxylic acids is 1. The minimum absolute atomic E-state index is 0.0825. The first-order valence-electron chi connectivity index (χ1n) is 10.5. The van der Waals surface area contributed by atoms with E-state index in [1.807, 2.05) is 41.3 Å². The van der Waals surface area contributed by atoms with Gasteiger partial charge in [0.2, 0.25) is 11.5 Å². The van der Waals surface area contributed by atoms with Crippen LogP contribution in [0.2, 0.25) is 0 Å². The first-order valence-corrected chi connectivity index (χ1v) is 10.5. The molecule has 1 amide bonds. The van der Waals surface area contributed by atoms with Crippen molar-refractivity contribution in [2.24, 2.45) is 0 Å². The van der Waals surface area contributed by atoms with Crippen LogP contribution in [0.3, 0.4) is 0 Å². The van der Waals surface area contributed by atoms with Gasteiger partial charge >= 0.3 is 0 Å². The van der Waals surface area contributed by atoms with Gasteiger partial charge in [-0.25, -0.2) is 4.98 Å². The summed E-state index contributed by atoms with van der Waals surface area (Å²) in [5.41, 5.74) is 1.90. The van der Waals surface area contributed by atoms with E-state index in [0.717, 1.165) is 23.8 Å².